The fourth-order valence-corrected chi connectivity index (χ4v) is 6.85. The predicted octanol–water partition coefficient (Wildman–Crippen LogP) is 4.20. The third-order valence-electron chi connectivity index (χ3n) is 5.64. The van der Waals surface area contributed by atoms with Gasteiger partial charge in [-0.1, -0.05) is 24.6 Å². The molecule has 2 saturated heterocycles. The molecule has 176 valence electrons. The standard InChI is InChI=1S/C22H28ClNO6S2/c1-22(13-28-14-22)15-30-19-10-16(5-6-18(19)27-2)11-24(12-17-4-3-9-29-17)32(25,26)21-8-7-20(23)31-21/h5-8,10,17H,3-4,9,11-15H2,1-2H3. The summed E-state index contributed by atoms with van der Waals surface area (Å²) in [6, 6.07) is 8.67. The molecule has 7 nitrogen and oxygen atoms in total. The van der Waals surface area contributed by atoms with Gasteiger partial charge < -0.3 is 18.9 Å². The Bertz CT molecular complexity index is 1030. The highest BCUT2D eigenvalue weighted by molar-refractivity contribution is 7.91. The first-order chi connectivity index (χ1) is 15.3. The summed E-state index contributed by atoms with van der Waals surface area (Å²) in [6.45, 7) is 5.06. The van der Waals surface area contributed by atoms with E-state index in [0.29, 0.717) is 42.3 Å². The van der Waals surface area contributed by atoms with Crippen LogP contribution in [0.5, 0.6) is 11.5 Å². The van der Waals surface area contributed by atoms with Gasteiger partial charge in [0.1, 0.15) is 4.21 Å². The molecule has 2 fully saturated rings. The molecule has 2 aliphatic rings. The van der Waals surface area contributed by atoms with Gasteiger partial charge >= 0.3 is 0 Å². The highest BCUT2D eigenvalue weighted by Gasteiger charge is 2.35. The number of hydrogen-bond acceptors (Lipinski definition) is 7. The largest absolute Gasteiger partial charge is 0.493 e. The molecule has 0 N–H and O–H groups in total. The van der Waals surface area contributed by atoms with E-state index >= 15 is 0 Å². The molecule has 2 aromatic rings. The number of ether oxygens (including phenoxy) is 4. The second-order valence-corrected chi connectivity index (χ2v) is 12.4. The zero-order valence-electron chi connectivity index (χ0n) is 18.2. The zero-order valence-corrected chi connectivity index (χ0v) is 20.6. The predicted molar refractivity (Wildman–Crippen MR) is 123 cm³/mol. The van der Waals surface area contributed by atoms with Crippen molar-refractivity contribution in [1.82, 2.24) is 4.31 Å². The summed E-state index contributed by atoms with van der Waals surface area (Å²) < 4.78 is 51.5. The van der Waals surface area contributed by atoms with Gasteiger partial charge in [-0.15, -0.1) is 11.3 Å². The normalized spacial score (nSPS) is 20.3. The quantitative estimate of drug-likeness (QED) is 0.486. The van der Waals surface area contributed by atoms with Crippen LogP contribution in [0.4, 0.5) is 0 Å². The van der Waals surface area contributed by atoms with Crippen molar-refractivity contribution in [2.24, 2.45) is 5.41 Å². The smallest absolute Gasteiger partial charge is 0.252 e. The highest BCUT2D eigenvalue weighted by atomic mass is 35.5. The number of nitrogens with zero attached hydrogens (tertiary/aromatic N) is 1. The number of methoxy groups -OCH3 is 1. The molecule has 0 saturated carbocycles. The molecular formula is C22H28ClNO6S2. The van der Waals surface area contributed by atoms with E-state index in [9.17, 15) is 8.42 Å². The number of halogens is 1. The van der Waals surface area contributed by atoms with Gasteiger partial charge in [0.25, 0.3) is 10.0 Å². The van der Waals surface area contributed by atoms with E-state index < -0.39 is 10.0 Å². The van der Waals surface area contributed by atoms with Crippen LogP contribution in [0.15, 0.2) is 34.5 Å². The summed E-state index contributed by atoms with van der Waals surface area (Å²) in [7, 11) is -2.14. The lowest BCUT2D eigenvalue weighted by molar-refractivity contribution is -0.120. The van der Waals surface area contributed by atoms with Gasteiger partial charge in [0.05, 0.1) is 37.4 Å². The van der Waals surface area contributed by atoms with E-state index in [1.165, 1.54) is 4.31 Å². The van der Waals surface area contributed by atoms with Crippen LogP contribution in [-0.4, -0.2) is 58.9 Å². The van der Waals surface area contributed by atoms with Crippen molar-refractivity contribution in [3.63, 3.8) is 0 Å². The molecule has 1 unspecified atom stereocenters. The Morgan fingerprint density at radius 1 is 1.25 bits per heavy atom. The Morgan fingerprint density at radius 3 is 2.66 bits per heavy atom. The summed E-state index contributed by atoms with van der Waals surface area (Å²) in [5.74, 6) is 1.20. The highest BCUT2D eigenvalue weighted by Crippen LogP contribution is 2.34. The second kappa shape index (κ2) is 9.87. The Balaban J connectivity index is 1.57. The molecule has 1 atom stereocenters. The molecule has 1 aromatic heterocycles. The first kappa shape index (κ1) is 23.8. The van der Waals surface area contributed by atoms with Gasteiger partial charge in [-0.3, -0.25) is 0 Å². The maximum Gasteiger partial charge on any atom is 0.252 e. The van der Waals surface area contributed by atoms with Gasteiger partial charge in [-0.2, -0.15) is 4.31 Å². The minimum atomic E-state index is -3.73. The summed E-state index contributed by atoms with van der Waals surface area (Å²) in [5, 5.41) is 0. The van der Waals surface area contributed by atoms with Crippen molar-refractivity contribution in [1.29, 1.82) is 0 Å². The number of benzene rings is 1. The summed E-state index contributed by atoms with van der Waals surface area (Å²) in [6.07, 6.45) is 1.66. The lowest BCUT2D eigenvalue weighted by Crippen LogP contribution is -2.44. The average Bonchev–Trinajstić information content (AvgIpc) is 3.42. The number of thiophene rings is 1. The van der Waals surface area contributed by atoms with E-state index in [2.05, 4.69) is 6.92 Å². The Morgan fingerprint density at radius 2 is 2.06 bits per heavy atom. The Kier molecular flexibility index (Phi) is 7.33. The van der Waals surface area contributed by atoms with E-state index in [1.807, 2.05) is 18.2 Å². The van der Waals surface area contributed by atoms with Crippen molar-refractivity contribution >= 4 is 33.0 Å². The molecule has 0 radical (unpaired) electrons. The number of sulfonamides is 1. The van der Waals surface area contributed by atoms with Crippen LogP contribution in [0.25, 0.3) is 0 Å². The van der Waals surface area contributed by atoms with Crippen LogP contribution in [0.1, 0.15) is 25.3 Å². The average molecular weight is 502 g/mol. The maximum absolute atomic E-state index is 13.4. The molecular weight excluding hydrogens is 474 g/mol. The molecule has 0 bridgehead atoms. The zero-order chi connectivity index (χ0) is 22.8. The minimum Gasteiger partial charge on any atom is -0.493 e. The monoisotopic (exact) mass is 501 g/mol. The van der Waals surface area contributed by atoms with Crippen molar-refractivity contribution in [2.75, 3.05) is 40.1 Å². The van der Waals surface area contributed by atoms with Crippen LogP contribution < -0.4 is 9.47 Å². The number of rotatable bonds is 10. The van der Waals surface area contributed by atoms with Crippen molar-refractivity contribution in [3.05, 3.63) is 40.2 Å². The molecule has 0 aliphatic carbocycles. The van der Waals surface area contributed by atoms with E-state index in [-0.39, 0.29) is 28.8 Å². The fourth-order valence-electron chi connectivity index (χ4n) is 3.75. The molecule has 4 rings (SSSR count). The first-order valence-corrected chi connectivity index (χ1v) is 13.2. The third kappa shape index (κ3) is 5.40. The van der Waals surface area contributed by atoms with E-state index in [0.717, 1.165) is 29.7 Å². The molecule has 2 aliphatic heterocycles. The molecule has 1 aromatic carbocycles. The van der Waals surface area contributed by atoms with E-state index in [4.69, 9.17) is 30.5 Å². The maximum atomic E-state index is 13.4. The third-order valence-corrected chi connectivity index (χ3v) is 9.15. The minimum absolute atomic E-state index is 0.0192. The van der Waals surface area contributed by atoms with Crippen molar-refractivity contribution < 1.29 is 27.4 Å². The van der Waals surface area contributed by atoms with Crippen LogP contribution in [-0.2, 0) is 26.0 Å². The molecule has 32 heavy (non-hydrogen) atoms. The van der Waals surface area contributed by atoms with E-state index in [1.54, 1.807) is 19.2 Å². The van der Waals surface area contributed by atoms with Crippen LogP contribution >= 0.6 is 22.9 Å². The van der Waals surface area contributed by atoms with Crippen LogP contribution in [0.2, 0.25) is 4.34 Å². The number of hydrogen-bond donors (Lipinski definition) is 0. The van der Waals surface area contributed by atoms with Gasteiger partial charge in [0.2, 0.25) is 0 Å². The fraction of sp³-hybridized carbons (Fsp3) is 0.545. The Hall–Kier alpha value is -1.36. The molecule has 0 spiro atoms. The topological polar surface area (TPSA) is 74.3 Å². The Labute approximate surface area is 198 Å². The SMILES string of the molecule is COc1ccc(CN(CC2CCCO2)S(=O)(=O)c2ccc(Cl)s2)cc1OCC1(C)COC1. The lowest BCUT2D eigenvalue weighted by atomic mass is 9.90. The van der Waals surface area contributed by atoms with Crippen molar-refractivity contribution in [2.45, 2.75) is 36.6 Å². The van der Waals surface area contributed by atoms with Gasteiger partial charge in [-0.05, 0) is 42.7 Å². The van der Waals surface area contributed by atoms with Gasteiger partial charge in [-0.25, -0.2) is 8.42 Å². The summed E-state index contributed by atoms with van der Waals surface area (Å²) in [5.41, 5.74) is 0.786. The van der Waals surface area contributed by atoms with Crippen LogP contribution in [0, 0.1) is 5.41 Å². The summed E-state index contributed by atoms with van der Waals surface area (Å²) >= 11 is 7.07. The van der Waals surface area contributed by atoms with Gasteiger partial charge in [0.15, 0.2) is 11.5 Å². The molecule has 0 amide bonds. The lowest BCUT2D eigenvalue weighted by Gasteiger charge is -2.37. The van der Waals surface area contributed by atoms with Gasteiger partial charge in [0, 0.05) is 25.1 Å². The second-order valence-electron chi connectivity index (χ2n) is 8.57. The summed E-state index contributed by atoms with van der Waals surface area (Å²) in [4.78, 5) is 0. The van der Waals surface area contributed by atoms with Crippen LogP contribution in [0.3, 0.4) is 0 Å². The van der Waals surface area contributed by atoms with Crippen molar-refractivity contribution in [3.8, 4) is 11.5 Å². The molecule has 3 heterocycles. The first-order valence-electron chi connectivity index (χ1n) is 10.5. The molecule has 10 heteroatoms.